The Morgan fingerprint density at radius 1 is 1.12 bits per heavy atom. The van der Waals surface area contributed by atoms with E-state index in [1.54, 1.807) is 17.4 Å². The molecule has 0 fully saturated rings. The molecule has 1 aromatic heterocycles. The van der Waals surface area contributed by atoms with E-state index in [0.717, 1.165) is 27.3 Å². The minimum Gasteiger partial charge on any atom is -0.444 e. The maximum absolute atomic E-state index is 12.2. The first kappa shape index (κ1) is 17.5. The van der Waals surface area contributed by atoms with E-state index >= 15 is 0 Å². The number of nitrogens with one attached hydrogen (secondary N) is 1. The van der Waals surface area contributed by atoms with Gasteiger partial charge in [0.05, 0.1) is 10.6 Å². The third-order valence-corrected chi connectivity index (χ3v) is 5.35. The first-order chi connectivity index (χ1) is 12.0. The van der Waals surface area contributed by atoms with Crippen LogP contribution in [0.25, 0.3) is 10.4 Å². The summed E-state index contributed by atoms with van der Waals surface area (Å²) in [6.07, 6.45) is -0.491. The Morgan fingerprint density at radius 2 is 1.84 bits per heavy atom. The minimum atomic E-state index is -0.491. The second-order valence-corrected chi connectivity index (χ2v) is 7.07. The summed E-state index contributed by atoms with van der Waals surface area (Å²) in [5, 5.41) is 5.48. The molecule has 0 saturated carbocycles. The zero-order valence-electron chi connectivity index (χ0n) is 14.0. The van der Waals surface area contributed by atoms with Crippen molar-refractivity contribution >= 4 is 34.7 Å². The van der Waals surface area contributed by atoms with E-state index in [4.69, 9.17) is 16.3 Å². The second-order valence-electron chi connectivity index (χ2n) is 5.78. The lowest BCUT2D eigenvalue weighted by molar-refractivity contribution is 0.155. The molecule has 3 rings (SSSR count). The molecule has 2 aromatic carbocycles. The molecular formula is C20H18ClNO2S. The lowest BCUT2D eigenvalue weighted by Crippen LogP contribution is -2.14. The maximum Gasteiger partial charge on any atom is 0.412 e. The summed E-state index contributed by atoms with van der Waals surface area (Å²) in [5.74, 6) is 0. The first-order valence-electron chi connectivity index (χ1n) is 7.87. The van der Waals surface area contributed by atoms with Gasteiger partial charge in [0.15, 0.2) is 0 Å². The van der Waals surface area contributed by atoms with Crippen LogP contribution in [0, 0.1) is 13.8 Å². The number of hydrogen-bond donors (Lipinski definition) is 1. The molecule has 0 saturated heterocycles. The fourth-order valence-corrected chi connectivity index (χ4v) is 3.62. The van der Waals surface area contributed by atoms with Crippen LogP contribution in [0.2, 0.25) is 5.02 Å². The zero-order chi connectivity index (χ0) is 17.8. The maximum atomic E-state index is 12.2. The Hall–Kier alpha value is -2.30. The standard InChI is InChI=1S/C20H18ClNO2S/c1-13-7-9-15(10-8-13)19-18(14(2)12-25-19)22-20(23)24-11-16-5-3-4-6-17(16)21/h3-10,12H,11H2,1-2H3,(H,22,23). The molecule has 0 aliphatic heterocycles. The number of ether oxygens (including phenoxy) is 1. The lowest BCUT2D eigenvalue weighted by Gasteiger charge is -2.10. The molecule has 0 radical (unpaired) electrons. The number of benzene rings is 2. The van der Waals surface area contributed by atoms with Gasteiger partial charge in [-0.05, 0) is 36.4 Å². The van der Waals surface area contributed by atoms with Gasteiger partial charge in [0.2, 0.25) is 0 Å². The molecule has 3 nitrogen and oxygen atoms in total. The molecule has 0 spiro atoms. The predicted molar refractivity (Wildman–Crippen MR) is 104 cm³/mol. The Labute approximate surface area is 156 Å². The van der Waals surface area contributed by atoms with Crippen molar-refractivity contribution in [3.63, 3.8) is 0 Å². The van der Waals surface area contributed by atoms with Crippen molar-refractivity contribution in [3.8, 4) is 10.4 Å². The van der Waals surface area contributed by atoms with Crippen LogP contribution in [0.3, 0.4) is 0 Å². The van der Waals surface area contributed by atoms with E-state index < -0.39 is 6.09 Å². The molecule has 1 N–H and O–H groups in total. The fraction of sp³-hybridized carbons (Fsp3) is 0.150. The quantitative estimate of drug-likeness (QED) is 0.573. The summed E-state index contributed by atoms with van der Waals surface area (Å²) in [5.41, 5.74) is 4.85. The summed E-state index contributed by atoms with van der Waals surface area (Å²) in [6, 6.07) is 15.5. The van der Waals surface area contributed by atoms with E-state index in [1.807, 2.05) is 30.5 Å². The third kappa shape index (κ3) is 4.21. The van der Waals surface area contributed by atoms with Crippen LogP contribution in [-0.2, 0) is 11.3 Å². The van der Waals surface area contributed by atoms with Gasteiger partial charge in [-0.3, -0.25) is 5.32 Å². The van der Waals surface area contributed by atoms with E-state index in [9.17, 15) is 4.79 Å². The molecule has 0 bridgehead atoms. The SMILES string of the molecule is Cc1ccc(-c2scc(C)c2NC(=O)OCc2ccccc2Cl)cc1. The van der Waals surface area contributed by atoms with Crippen LogP contribution < -0.4 is 5.32 Å². The van der Waals surface area contributed by atoms with Crippen molar-refractivity contribution in [1.82, 2.24) is 0 Å². The molecule has 0 aliphatic rings. The Balaban J connectivity index is 1.72. The number of carbonyl (C=O) groups is 1. The minimum absolute atomic E-state index is 0.133. The van der Waals surface area contributed by atoms with E-state index in [-0.39, 0.29) is 6.61 Å². The summed E-state index contributed by atoms with van der Waals surface area (Å²) in [4.78, 5) is 13.2. The number of hydrogen-bond acceptors (Lipinski definition) is 3. The van der Waals surface area contributed by atoms with Crippen LogP contribution in [0.1, 0.15) is 16.7 Å². The van der Waals surface area contributed by atoms with Gasteiger partial charge < -0.3 is 4.74 Å². The van der Waals surface area contributed by atoms with Gasteiger partial charge in [-0.15, -0.1) is 11.3 Å². The molecule has 0 atom stereocenters. The normalized spacial score (nSPS) is 10.5. The fourth-order valence-electron chi connectivity index (χ4n) is 2.41. The highest BCUT2D eigenvalue weighted by Crippen LogP contribution is 2.37. The van der Waals surface area contributed by atoms with Crippen molar-refractivity contribution in [1.29, 1.82) is 0 Å². The second kappa shape index (κ2) is 7.72. The smallest absolute Gasteiger partial charge is 0.412 e. The van der Waals surface area contributed by atoms with Gasteiger partial charge in [-0.1, -0.05) is 59.6 Å². The van der Waals surface area contributed by atoms with E-state index in [2.05, 4.69) is 36.5 Å². The van der Waals surface area contributed by atoms with Crippen LogP contribution in [0.4, 0.5) is 10.5 Å². The highest BCUT2D eigenvalue weighted by atomic mass is 35.5. The molecule has 128 valence electrons. The van der Waals surface area contributed by atoms with Gasteiger partial charge in [0.25, 0.3) is 0 Å². The van der Waals surface area contributed by atoms with Crippen LogP contribution in [-0.4, -0.2) is 6.09 Å². The number of rotatable bonds is 4. The average Bonchev–Trinajstić information content (AvgIpc) is 2.96. The predicted octanol–water partition coefficient (Wildman–Crippen LogP) is 6.43. The van der Waals surface area contributed by atoms with Crippen LogP contribution in [0.15, 0.2) is 53.9 Å². The van der Waals surface area contributed by atoms with Crippen molar-refractivity contribution in [3.05, 3.63) is 75.6 Å². The molecule has 1 amide bonds. The number of aryl methyl sites for hydroxylation is 2. The van der Waals surface area contributed by atoms with Crippen molar-refractivity contribution in [2.24, 2.45) is 0 Å². The largest absolute Gasteiger partial charge is 0.444 e. The van der Waals surface area contributed by atoms with Crippen molar-refractivity contribution < 1.29 is 9.53 Å². The van der Waals surface area contributed by atoms with Crippen molar-refractivity contribution in [2.45, 2.75) is 20.5 Å². The van der Waals surface area contributed by atoms with Crippen molar-refractivity contribution in [2.75, 3.05) is 5.32 Å². The van der Waals surface area contributed by atoms with Gasteiger partial charge in [-0.2, -0.15) is 0 Å². The van der Waals surface area contributed by atoms with E-state index in [0.29, 0.717) is 5.02 Å². The van der Waals surface area contributed by atoms with Gasteiger partial charge in [0.1, 0.15) is 6.61 Å². The van der Waals surface area contributed by atoms with E-state index in [1.165, 1.54) is 5.56 Å². The number of anilines is 1. The Morgan fingerprint density at radius 3 is 2.56 bits per heavy atom. The highest BCUT2D eigenvalue weighted by molar-refractivity contribution is 7.14. The number of thiophene rings is 1. The van der Waals surface area contributed by atoms with Crippen LogP contribution >= 0.6 is 22.9 Å². The average molecular weight is 372 g/mol. The molecule has 1 heterocycles. The number of carbonyl (C=O) groups excluding carboxylic acids is 1. The third-order valence-electron chi connectivity index (χ3n) is 3.83. The van der Waals surface area contributed by atoms with Gasteiger partial charge in [0, 0.05) is 10.6 Å². The van der Waals surface area contributed by atoms with Crippen LogP contribution in [0.5, 0.6) is 0 Å². The Bertz CT molecular complexity index is 887. The Kier molecular flexibility index (Phi) is 5.41. The molecule has 0 aliphatic carbocycles. The molecule has 0 unspecified atom stereocenters. The highest BCUT2D eigenvalue weighted by Gasteiger charge is 2.14. The summed E-state index contributed by atoms with van der Waals surface area (Å²) < 4.78 is 5.32. The molecule has 5 heteroatoms. The lowest BCUT2D eigenvalue weighted by atomic mass is 10.1. The summed E-state index contributed by atoms with van der Waals surface area (Å²) >= 11 is 7.69. The van der Waals surface area contributed by atoms with Gasteiger partial charge in [-0.25, -0.2) is 4.79 Å². The molecular weight excluding hydrogens is 354 g/mol. The number of amides is 1. The zero-order valence-corrected chi connectivity index (χ0v) is 15.6. The summed E-state index contributed by atoms with van der Waals surface area (Å²) in [7, 11) is 0. The first-order valence-corrected chi connectivity index (χ1v) is 9.12. The monoisotopic (exact) mass is 371 g/mol. The topological polar surface area (TPSA) is 38.3 Å². The molecule has 3 aromatic rings. The molecule has 25 heavy (non-hydrogen) atoms. The summed E-state index contributed by atoms with van der Waals surface area (Å²) in [6.45, 7) is 4.15. The van der Waals surface area contributed by atoms with Gasteiger partial charge >= 0.3 is 6.09 Å². The number of halogens is 1.